The third-order valence-electron chi connectivity index (χ3n) is 3.45. The normalized spacial score (nSPS) is 10.8. The number of aryl methyl sites for hydroxylation is 1. The molecule has 3 aromatic rings. The molecule has 0 aliphatic heterocycles. The van der Waals surface area contributed by atoms with E-state index in [-0.39, 0.29) is 24.0 Å². The minimum Gasteiger partial charge on any atom is -1.00 e. The van der Waals surface area contributed by atoms with Crippen LogP contribution >= 0.6 is 0 Å². The zero-order valence-electron chi connectivity index (χ0n) is 12.0. The number of pyridine rings is 1. The molecule has 0 atom stereocenters. The Balaban J connectivity index is 0.00000161. The Morgan fingerprint density at radius 2 is 2.00 bits per heavy atom. The molecule has 0 bridgehead atoms. The number of aromatic nitrogens is 2. The maximum Gasteiger partial charge on any atom is 0.204 e. The number of halogens is 1. The second-order valence-electron chi connectivity index (χ2n) is 4.73. The highest BCUT2D eigenvalue weighted by Crippen LogP contribution is 2.24. The first-order valence-corrected chi connectivity index (χ1v) is 6.56. The topological polar surface area (TPSA) is 28.9 Å². The van der Waals surface area contributed by atoms with Crippen molar-refractivity contribution in [2.75, 3.05) is 7.11 Å². The highest BCUT2D eigenvalue weighted by molar-refractivity contribution is 5.92. The molecule has 0 amide bonds. The summed E-state index contributed by atoms with van der Waals surface area (Å²) in [7, 11) is 3.73. The number of hydrogen-bond acceptors (Lipinski definition) is 1. The van der Waals surface area contributed by atoms with Gasteiger partial charge in [0.15, 0.2) is 6.20 Å². The van der Waals surface area contributed by atoms with Gasteiger partial charge in [0.05, 0.1) is 7.11 Å². The van der Waals surface area contributed by atoms with Crippen LogP contribution in [-0.4, -0.2) is 12.1 Å². The summed E-state index contributed by atoms with van der Waals surface area (Å²) in [5.74, 6) is 0.872. The molecule has 3 rings (SSSR count). The van der Waals surface area contributed by atoms with Crippen LogP contribution in [0.5, 0.6) is 5.75 Å². The molecular weight excluding hydrogens is 375 g/mol. The van der Waals surface area contributed by atoms with Gasteiger partial charge in [0.2, 0.25) is 5.69 Å². The van der Waals surface area contributed by atoms with Gasteiger partial charge < -0.3 is 33.7 Å². The van der Waals surface area contributed by atoms with Gasteiger partial charge in [0.25, 0.3) is 0 Å². The Labute approximate surface area is 141 Å². The SMILES string of the molecule is COc1ccc2[nH]cc(/C=C/c3cccc[n+]3C)c2c1.[I-]. The highest BCUT2D eigenvalue weighted by Gasteiger charge is 2.04. The molecule has 0 aliphatic rings. The van der Waals surface area contributed by atoms with Gasteiger partial charge in [-0.15, -0.1) is 0 Å². The second-order valence-corrected chi connectivity index (χ2v) is 4.73. The molecule has 2 aromatic heterocycles. The van der Waals surface area contributed by atoms with E-state index in [2.05, 4.69) is 33.8 Å². The monoisotopic (exact) mass is 392 g/mol. The molecule has 4 heteroatoms. The zero-order chi connectivity index (χ0) is 13.9. The second kappa shape index (κ2) is 6.76. The van der Waals surface area contributed by atoms with Gasteiger partial charge in [-0.05, 0) is 30.3 Å². The van der Waals surface area contributed by atoms with Crippen LogP contribution in [0, 0.1) is 0 Å². The Kier molecular flexibility index (Phi) is 5.01. The van der Waals surface area contributed by atoms with Crippen molar-refractivity contribution >= 4 is 23.1 Å². The summed E-state index contributed by atoms with van der Waals surface area (Å²) in [4.78, 5) is 3.28. The number of benzene rings is 1. The molecule has 21 heavy (non-hydrogen) atoms. The molecule has 1 aromatic carbocycles. The molecule has 0 saturated heterocycles. The lowest BCUT2D eigenvalue weighted by Crippen LogP contribution is -3.00. The van der Waals surface area contributed by atoms with Crippen molar-refractivity contribution in [1.82, 2.24) is 4.98 Å². The maximum atomic E-state index is 5.29. The minimum absolute atomic E-state index is 0. The number of methoxy groups -OCH3 is 1. The van der Waals surface area contributed by atoms with E-state index in [4.69, 9.17) is 4.74 Å². The van der Waals surface area contributed by atoms with E-state index < -0.39 is 0 Å². The fourth-order valence-electron chi connectivity index (χ4n) is 2.27. The molecule has 1 N–H and O–H groups in total. The number of H-pyrrole nitrogens is 1. The molecule has 0 spiro atoms. The van der Waals surface area contributed by atoms with Gasteiger partial charge in [0, 0.05) is 40.9 Å². The summed E-state index contributed by atoms with van der Waals surface area (Å²) in [6.45, 7) is 0. The maximum absolute atomic E-state index is 5.29. The zero-order valence-corrected chi connectivity index (χ0v) is 14.2. The Hall–Kier alpha value is -1.82. The lowest BCUT2D eigenvalue weighted by atomic mass is 10.1. The summed E-state index contributed by atoms with van der Waals surface area (Å²) in [5, 5.41) is 1.17. The molecule has 3 nitrogen and oxygen atoms in total. The molecule has 0 radical (unpaired) electrons. The van der Waals surface area contributed by atoms with Crippen molar-refractivity contribution in [1.29, 1.82) is 0 Å². The Bertz CT molecular complexity index is 777. The quantitative estimate of drug-likeness (QED) is 0.500. The number of nitrogens with one attached hydrogen (secondary N) is 1. The van der Waals surface area contributed by atoms with E-state index in [0.29, 0.717) is 0 Å². The van der Waals surface area contributed by atoms with Gasteiger partial charge in [-0.2, -0.15) is 0 Å². The predicted octanol–water partition coefficient (Wildman–Crippen LogP) is 0.175. The minimum atomic E-state index is 0. The molecule has 0 aliphatic carbocycles. The van der Waals surface area contributed by atoms with Crippen LogP contribution in [0.25, 0.3) is 23.1 Å². The molecule has 2 heterocycles. The highest BCUT2D eigenvalue weighted by atomic mass is 127. The molecule has 0 fully saturated rings. The third-order valence-corrected chi connectivity index (χ3v) is 3.45. The van der Waals surface area contributed by atoms with Crippen LogP contribution in [0.15, 0.2) is 48.8 Å². The van der Waals surface area contributed by atoms with E-state index in [1.807, 2.05) is 43.7 Å². The number of fused-ring (bicyclic) bond motifs is 1. The first-order valence-electron chi connectivity index (χ1n) is 6.56. The summed E-state index contributed by atoms with van der Waals surface area (Å²) in [6.07, 6.45) is 8.29. The Morgan fingerprint density at radius 1 is 1.14 bits per heavy atom. The predicted molar refractivity (Wildman–Crippen MR) is 81.4 cm³/mol. The lowest BCUT2D eigenvalue weighted by Gasteiger charge is -1.99. The Morgan fingerprint density at radius 3 is 2.76 bits per heavy atom. The van der Waals surface area contributed by atoms with Gasteiger partial charge in [-0.3, -0.25) is 0 Å². The lowest BCUT2D eigenvalue weighted by molar-refractivity contribution is -0.673. The average molecular weight is 392 g/mol. The van der Waals surface area contributed by atoms with Gasteiger partial charge >= 0.3 is 0 Å². The fourth-order valence-corrected chi connectivity index (χ4v) is 2.27. The van der Waals surface area contributed by atoms with Crippen molar-refractivity contribution in [3.05, 3.63) is 60.0 Å². The van der Waals surface area contributed by atoms with E-state index >= 15 is 0 Å². The van der Waals surface area contributed by atoms with Crippen LogP contribution in [0.4, 0.5) is 0 Å². The fraction of sp³-hybridized carbons (Fsp3) is 0.118. The van der Waals surface area contributed by atoms with Crippen LogP contribution in [0.2, 0.25) is 0 Å². The van der Waals surface area contributed by atoms with E-state index in [9.17, 15) is 0 Å². The number of nitrogens with zero attached hydrogens (tertiary/aromatic N) is 1. The van der Waals surface area contributed by atoms with Gasteiger partial charge in [-0.1, -0.05) is 0 Å². The van der Waals surface area contributed by atoms with Crippen molar-refractivity contribution < 1.29 is 33.3 Å². The van der Waals surface area contributed by atoms with Gasteiger partial charge in [-0.25, -0.2) is 4.57 Å². The number of aromatic amines is 1. The van der Waals surface area contributed by atoms with Crippen LogP contribution in [-0.2, 0) is 7.05 Å². The van der Waals surface area contributed by atoms with Crippen molar-refractivity contribution in [2.45, 2.75) is 0 Å². The van der Waals surface area contributed by atoms with Gasteiger partial charge in [0.1, 0.15) is 12.8 Å². The number of rotatable bonds is 3. The van der Waals surface area contributed by atoms with Crippen molar-refractivity contribution in [2.24, 2.45) is 7.05 Å². The first-order chi connectivity index (χ1) is 9.78. The average Bonchev–Trinajstić information content (AvgIpc) is 2.88. The van der Waals surface area contributed by atoms with E-state index in [1.54, 1.807) is 7.11 Å². The van der Waals surface area contributed by atoms with Crippen LogP contribution in [0.3, 0.4) is 0 Å². The molecule has 108 valence electrons. The first kappa shape index (κ1) is 15.6. The smallest absolute Gasteiger partial charge is 0.204 e. The summed E-state index contributed by atoms with van der Waals surface area (Å²) in [5.41, 5.74) is 3.43. The number of hydrogen-bond donors (Lipinski definition) is 1. The molecule has 0 unspecified atom stereocenters. The third kappa shape index (κ3) is 3.26. The largest absolute Gasteiger partial charge is 1.00 e. The summed E-state index contributed by atoms with van der Waals surface area (Å²) >= 11 is 0. The van der Waals surface area contributed by atoms with Crippen LogP contribution < -0.4 is 33.3 Å². The standard InChI is InChI=1S/C17H16N2O.HI/c1-19-10-4-3-5-14(19)7-6-13-12-18-17-9-8-15(20-2)11-16(13)17;/h3-12H,1-2H3;1H. The van der Waals surface area contributed by atoms with E-state index in [0.717, 1.165) is 22.5 Å². The van der Waals surface area contributed by atoms with Crippen molar-refractivity contribution in [3.8, 4) is 5.75 Å². The van der Waals surface area contributed by atoms with E-state index in [1.165, 1.54) is 5.39 Å². The van der Waals surface area contributed by atoms with Crippen molar-refractivity contribution in [3.63, 3.8) is 0 Å². The summed E-state index contributed by atoms with van der Waals surface area (Å²) in [6, 6.07) is 12.2. The molecular formula is C17H17IN2O. The molecule has 0 saturated carbocycles. The van der Waals surface area contributed by atoms with Crippen LogP contribution in [0.1, 0.15) is 11.3 Å². The summed E-state index contributed by atoms with van der Waals surface area (Å²) < 4.78 is 7.38. The number of ether oxygens (including phenoxy) is 1.